The van der Waals surface area contributed by atoms with Gasteiger partial charge >= 0.3 is 20.0 Å². The van der Waals surface area contributed by atoms with Gasteiger partial charge in [-0.3, -0.25) is 15.4 Å². The Kier molecular flexibility index (Phi) is 8.49. The normalized spacial score (nSPS) is 10.4. The van der Waals surface area contributed by atoms with E-state index in [2.05, 4.69) is 31.6 Å². The van der Waals surface area contributed by atoms with Crippen LogP contribution in [0.2, 0.25) is 0 Å². The standard InChI is InChI=1S/C21H16N3O.Co.HN/c22-16-25-21-12-10-20(11-13-21)24-15-18-8-6-17(7-9-18)14-23-19-4-2-1-3-5-19;;/h2-16,22H;;1H/q-1;;. The second-order valence-electron chi connectivity index (χ2n) is 5.17. The number of aliphatic imine (C=N–C) groups is 2. The molecule has 5 nitrogen and oxygen atoms in total. The van der Waals surface area contributed by atoms with Crippen molar-refractivity contribution in [3.05, 3.63) is 90.0 Å². The van der Waals surface area contributed by atoms with Crippen LogP contribution in [0.5, 0.6) is 5.75 Å². The van der Waals surface area contributed by atoms with E-state index in [1.54, 1.807) is 18.3 Å². The van der Waals surface area contributed by atoms with Gasteiger partial charge < -0.3 is 4.74 Å². The molecule has 0 aliphatic carbocycles. The molecule has 0 fully saturated rings. The first-order valence-corrected chi connectivity index (χ1v) is 8.42. The van der Waals surface area contributed by atoms with Crippen molar-refractivity contribution < 1.29 is 20.3 Å². The maximum atomic E-state index is 6.90. The summed E-state index contributed by atoms with van der Waals surface area (Å²) in [5, 5.41) is 6.90. The summed E-state index contributed by atoms with van der Waals surface area (Å²) >= 11 is 2.81. The van der Waals surface area contributed by atoms with Gasteiger partial charge in [-0.2, -0.15) is 18.2 Å². The van der Waals surface area contributed by atoms with Gasteiger partial charge in [0.2, 0.25) is 0 Å². The first-order valence-electron chi connectivity index (χ1n) is 7.90. The van der Waals surface area contributed by atoms with Gasteiger partial charge in [0.15, 0.2) is 6.40 Å². The molecule has 0 bridgehead atoms. The number of rotatable bonds is 6. The summed E-state index contributed by atoms with van der Waals surface area (Å²) in [5.41, 5.74) is 3.76. The van der Waals surface area contributed by atoms with Gasteiger partial charge in [-0.05, 0) is 41.1 Å². The summed E-state index contributed by atoms with van der Waals surface area (Å²) in [6.45, 7) is 0. The first kappa shape index (κ1) is 20.1. The molecule has 3 aromatic carbocycles. The first-order chi connectivity index (χ1) is 13.3. The third-order valence-corrected chi connectivity index (χ3v) is 3.39. The van der Waals surface area contributed by atoms with E-state index in [9.17, 15) is 0 Å². The van der Waals surface area contributed by atoms with Gasteiger partial charge in [0.1, 0.15) is 5.75 Å². The number of benzene rings is 3. The molecular weight excluding hydrogens is 383 g/mol. The van der Waals surface area contributed by atoms with Crippen molar-refractivity contribution in [2.45, 2.75) is 0 Å². The van der Waals surface area contributed by atoms with Gasteiger partial charge in [0.25, 0.3) is 0 Å². The predicted molar refractivity (Wildman–Crippen MR) is 105 cm³/mol. The van der Waals surface area contributed by atoms with Gasteiger partial charge in [0.05, 0.1) is 5.69 Å². The fraction of sp³-hybridized carbons (Fsp3) is 0. The maximum absolute atomic E-state index is 6.90. The van der Waals surface area contributed by atoms with Crippen LogP contribution in [0.15, 0.2) is 82.8 Å². The van der Waals surface area contributed by atoms with E-state index in [1.165, 1.54) is 0 Å². The summed E-state index contributed by atoms with van der Waals surface area (Å²) < 4.78 is 10.4. The molecule has 0 saturated heterocycles. The fourth-order valence-electron chi connectivity index (χ4n) is 2.11. The second kappa shape index (κ2) is 11.4. The Morgan fingerprint density at radius 3 is 1.70 bits per heavy atom. The van der Waals surface area contributed by atoms with E-state index >= 15 is 0 Å². The zero-order chi connectivity index (χ0) is 19.3. The summed E-state index contributed by atoms with van der Waals surface area (Å²) in [6.07, 6.45) is 4.54. The zero-order valence-corrected chi connectivity index (χ0v) is 15.3. The van der Waals surface area contributed by atoms with Crippen LogP contribution in [0.25, 0.3) is 0 Å². The molecule has 137 valence electrons. The van der Waals surface area contributed by atoms with Crippen LogP contribution in [-0.2, 0) is 15.5 Å². The number of hydrogen-bond acceptors (Lipinski definition) is 5. The SMILES string of the molecule is N=COc1ccc(N=Cc2ccc(C=Nc3cc[c-]cc3)cc2)cc1.[NH]=[Co]. The van der Waals surface area contributed by atoms with Crippen molar-refractivity contribution >= 4 is 30.2 Å². The average Bonchev–Trinajstić information content (AvgIpc) is 2.75. The predicted octanol–water partition coefficient (Wildman–Crippen LogP) is 5.27. The van der Waals surface area contributed by atoms with Crippen molar-refractivity contribution in [3.8, 4) is 5.75 Å². The third kappa shape index (κ3) is 6.89. The van der Waals surface area contributed by atoms with Gasteiger partial charge in [-0.1, -0.05) is 24.3 Å². The summed E-state index contributed by atoms with van der Waals surface area (Å²) in [7, 11) is 0. The monoisotopic (exact) mass is 400 g/mol. The van der Waals surface area contributed by atoms with E-state index in [1.807, 2.05) is 66.9 Å². The Balaban J connectivity index is 0.00000126. The van der Waals surface area contributed by atoms with Crippen molar-refractivity contribution in [1.82, 2.24) is 0 Å². The zero-order valence-electron chi connectivity index (χ0n) is 14.3. The number of hydrogen-bond donors (Lipinski definition) is 2. The van der Waals surface area contributed by atoms with Crippen molar-refractivity contribution in [2.75, 3.05) is 0 Å². The average molecular weight is 400 g/mol. The molecule has 3 aromatic rings. The molecule has 0 aliphatic heterocycles. The number of nitrogens with one attached hydrogen (secondary N) is 2. The Bertz CT molecular complexity index is 892. The molecule has 0 heterocycles. The van der Waals surface area contributed by atoms with Crippen LogP contribution in [0.4, 0.5) is 11.4 Å². The summed E-state index contributed by atoms with van der Waals surface area (Å²) in [6, 6.07) is 25.7. The molecule has 0 spiro atoms. The molecule has 0 saturated carbocycles. The van der Waals surface area contributed by atoms with Gasteiger partial charge in [-0.15, -0.1) is 12.1 Å². The Morgan fingerprint density at radius 1 is 0.741 bits per heavy atom. The molecule has 6 heteroatoms. The minimum absolute atomic E-state index is 0.619. The Hall–Kier alpha value is -3.22. The third-order valence-electron chi connectivity index (χ3n) is 3.39. The molecule has 27 heavy (non-hydrogen) atoms. The molecular formula is C21H17CoN4O-. The Labute approximate surface area is 166 Å². The molecule has 0 atom stereocenters. The van der Waals surface area contributed by atoms with E-state index in [4.69, 9.17) is 14.6 Å². The van der Waals surface area contributed by atoms with Crippen molar-refractivity contribution in [1.29, 1.82) is 9.82 Å². The number of nitrogens with zero attached hydrogens (tertiary/aromatic N) is 2. The van der Waals surface area contributed by atoms with Crippen molar-refractivity contribution in [2.24, 2.45) is 9.98 Å². The molecule has 0 aliphatic rings. The molecule has 0 aromatic heterocycles. The van der Waals surface area contributed by atoms with E-state index < -0.39 is 0 Å². The van der Waals surface area contributed by atoms with Crippen LogP contribution in [0, 0.1) is 15.9 Å². The van der Waals surface area contributed by atoms with E-state index in [0.717, 1.165) is 28.9 Å². The van der Waals surface area contributed by atoms with Crippen LogP contribution in [0.1, 0.15) is 11.1 Å². The van der Waals surface area contributed by atoms with Crippen molar-refractivity contribution in [3.63, 3.8) is 0 Å². The summed E-state index contributed by atoms with van der Waals surface area (Å²) in [5.74, 6) is 0.619. The molecule has 0 unspecified atom stereocenters. The van der Waals surface area contributed by atoms with Crippen LogP contribution >= 0.6 is 0 Å². The second-order valence-corrected chi connectivity index (χ2v) is 5.17. The van der Waals surface area contributed by atoms with Crippen LogP contribution < -0.4 is 4.74 Å². The van der Waals surface area contributed by atoms with Crippen LogP contribution in [0.3, 0.4) is 0 Å². The summed E-state index contributed by atoms with van der Waals surface area (Å²) in [4.78, 5) is 8.84. The quantitative estimate of drug-likeness (QED) is 0.330. The molecule has 0 radical (unpaired) electrons. The molecule has 3 rings (SSSR count). The fourth-order valence-corrected chi connectivity index (χ4v) is 2.11. The Morgan fingerprint density at radius 2 is 1.22 bits per heavy atom. The van der Waals surface area contributed by atoms with E-state index in [0.29, 0.717) is 5.75 Å². The minimum atomic E-state index is 0.619. The van der Waals surface area contributed by atoms with Gasteiger partial charge in [0, 0.05) is 12.4 Å². The van der Waals surface area contributed by atoms with Crippen LogP contribution in [-0.4, -0.2) is 18.8 Å². The number of ether oxygens (including phenoxy) is 1. The van der Waals surface area contributed by atoms with E-state index in [-0.39, 0.29) is 0 Å². The topological polar surface area (TPSA) is 81.7 Å². The molecule has 0 amide bonds. The van der Waals surface area contributed by atoms with Gasteiger partial charge in [-0.25, -0.2) is 0 Å². The molecule has 2 N–H and O–H groups in total.